The third kappa shape index (κ3) is 3.09. The number of rotatable bonds is 2. The molecule has 3 rings (SSSR count). The van der Waals surface area contributed by atoms with Gasteiger partial charge in [-0.25, -0.2) is 4.98 Å². The van der Waals surface area contributed by atoms with Crippen LogP contribution in [-0.2, 0) is 42.2 Å². The molecule has 111 valence electrons. The van der Waals surface area contributed by atoms with Gasteiger partial charge in [-0.1, -0.05) is 12.1 Å². The molecule has 0 amide bonds. The summed E-state index contributed by atoms with van der Waals surface area (Å²) in [5.74, 6) is -0.201. The number of pyridine rings is 1. The Hall–Kier alpha value is -0.686. The molecule has 1 radical (unpaired) electrons. The van der Waals surface area contributed by atoms with E-state index < -0.39 is 5.79 Å². The van der Waals surface area contributed by atoms with Crippen LogP contribution in [0, 0.1) is 20.4 Å². The first-order chi connectivity index (χ1) is 9.37. The smallest absolute Gasteiger partial charge is 0.159 e. The summed E-state index contributed by atoms with van der Waals surface area (Å²) in [6, 6.07) is 0. The number of anilines is 1. The SMILES string of the molecule is [CH2-][C@H]1OC(C)(C)O[C@H]1[CH-]n1cnc2c(N)ncc(C)c21.[Y]. The fraction of sp³-hybridized carbons (Fsp3) is 0.429. The predicted octanol–water partition coefficient (Wildman–Crippen LogP) is 1.68. The van der Waals surface area contributed by atoms with E-state index in [0.717, 1.165) is 11.1 Å². The molecule has 0 aromatic carbocycles. The topological polar surface area (TPSA) is 75.2 Å². The van der Waals surface area contributed by atoms with Crippen molar-refractivity contribution >= 4 is 16.9 Å². The summed E-state index contributed by atoms with van der Waals surface area (Å²) in [7, 11) is 0. The zero-order valence-electron chi connectivity index (χ0n) is 12.4. The molecule has 21 heavy (non-hydrogen) atoms. The first-order valence-electron chi connectivity index (χ1n) is 6.49. The number of hydrogen-bond acceptors (Lipinski definition) is 5. The maximum Gasteiger partial charge on any atom is 0.159 e. The summed E-state index contributed by atoms with van der Waals surface area (Å²) in [6.07, 6.45) is 2.94. The van der Waals surface area contributed by atoms with Crippen molar-refractivity contribution in [1.82, 2.24) is 14.5 Å². The molecule has 0 aliphatic carbocycles. The molecule has 2 atom stereocenters. The van der Waals surface area contributed by atoms with E-state index in [0.29, 0.717) is 11.3 Å². The second-order valence-corrected chi connectivity index (χ2v) is 5.46. The molecule has 2 aromatic rings. The minimum atomic E-state index is -0.625. The number of ether oxygens (including phenoxy) is 2. The van der Waals surface area contributed by atoms with Crippen molar-refractivity contribution in [2.45, 2.75) is 38.8 Å². The average Bonchev–Trinajstić information content (AvgIpc) is 2.87. The Morgan fingerprint density at radius 1 is 1.38 bits per heavy atom. The quantitative estimate of drug-likeness (QED) is 0.822. The van der Waals surface area contributed by atoms with Crippen LogP contribution in [0.1, 0.15) is 19.4 Å². The molecule has 1 aliphatic rings. The van der Waals surface area contributed by atoms with Gasteiger partial charge < -0.3 is 31.7 Å². The standard InChI is InChI=1S/C14H18N4O2.Y/c1-8-5-16-13(15)11-12(8)18(7-17-11)6-10-9(2)19-14(3,4)20-10;/h5-7,9-10H,2H2,1,3-4H3,(H2,15,16);/q-2;/t9-,10+;/m1./s1. The van der Waals surface area contributed by atoms with Crippen LogP contribution in [0.3, 0.4) is 0 Å². The summed E-state index contributed by atoms with van der Waals surface area (Å²) in [5, 5.41) is 0. The average molecular weight is 363 g/mol. The summed E-state index contributed by atoms with van der Waals surface area (Å²) >= 11 is 0. The van der Waals surface area contributed by atoms with E-state index >= 15 is 0 Å². The second-order valence-electron chi connectivity index (χ2n) is 5.46. The summed E-state index contributed by atoms with van der Waals surface area (Å²) in [4.78, 5) is 8.42. The number of fused-ring (bicyclic) bond motifs is 1. The van der Waals surface area contributed by atoms with E-state index in [4.69, 9.17) is 15.2 Å². The number of nitrogens with two attached hydrogens (primary N) is 1. The first kappa shape index (κ1) is 16.7. The van der Waals surface area contributed by atoms with Crippen molar-refractivity contribution in [3.05, 3.63) is 31.6 Å². The monoisotopic (exact) mass is 363 g/mol. The van der Waals surface area contributed by atoms with Crippen LogP contribution in [0.2, 0.25) is 0 Å². The molecule has 0 spiro atoms. The van der Waals surface area contributed by atoms with E-state index in [1.807, 2.05) is 31.9 Å². The summed E-state index contributed by atoms with van der Waals surface area (Å²) < 4.78 is 13.4. The van der Waals surface area contributed by atoms with Crippen molar-refractivity contribution in [3.63, 3.8) is 0 Å². The second kappa shape index (κ2) is 5.84. The third-order valence-electron chi connectivity index (χ3n) is 3.34. The van der Waals surface area contributed by atoms with Crippen LogP contribution in [-0.4, -0.2) is 32.5 Å². The van der Waals surface area contributed by atoms with Crippen molar-refractivity contribution in [1.29, 1.82) is 0 Å². The van der Waals surface area contributed by atoms with E-state index in [1.54, 1.807) is 12.5 Å². The van der Waals surface area contributed by atoms with Gasteiger partial charge in [-0.2, -0.15) is 0 Å². The van der Waals surface area contributed by atoms with Gasteiger partial charge in [-0.3, -0.25) is 0 Å². The number of aryl methyl sites for hydroxylation is 1. The van der Waals surface area contributed by atoms with Gasteiger partial charge in [0.1, 0.15) is 5.82 Å². The first-order valence-corrected chi connectivity index (χ1v) is 6.49. The Balaban J connectivity index is 0.00000161. The Labute approximate surface area is 149 Å². The van der Waals surface area contributed by atoms with Gasteiger partial charge >= 0.3 is 0 Å². The van der Waals surface area contributed by atoms with Crippen LogP contribution in [0.15, 0.2) is 12.5 Å². The molecule has 6 nitrogen and oxygen atoms in total. The Kier molecular flexibility index (Phi) is 4.64. The van der Waals surface area contributed by atoms with Crippen LogP contribution in [0.4, 0.5) is 5.82 Å². The predicted molar refractivity (Wildman–Crippen MR) is 75.6 cm³/mol. The van der Waals surface area contributed by atoms with Gasteiger partial charge in [-0.15, -0.1) is 0 Å². The molecule has 1 fully saturated rings. The maximum atomic E-state index is 5.85. The van der Waals surface area contributed by atoms with Crippen LogP contribution in [0.25, 0.3) is 11.0 Å². The van der Waals surface area contributed by atoms with Gasteiger partial charge in [0.05, 0.1) is 5.52 Å². The van der Waals surface area contributed by atoms with Gasteiger partial charge in [-0.05, 0) is 38.7 Å². The van der Waals surface area contributed by atoms with Crippen molar-refractivity contribution < 1.29 is 42.2 Å². The zero-order chi connectivity index (χ0) is 14.5. The number of imidazole rings is 1. The number of aromatic nitrogens is 3. The van der Waals surface area contributed by atoms with Gasteiger partial charge in [0.2, 0.25) is 0 Å². The molecule has 2 N–H and O–H groups in total. The molecular formula is C14H18N4O2Y-2. The maximum absolute atomic E-state index is 5.85. The van der Waals surface area contributed by atoms with Gasteiger partial charge in [0.15, 0.2) is 5.79 Å². The third-order valence-corrected chi connectivity index (χ3v) is 3.34. The van der Waals surface area contributed by atoms with Crippen molar-refractivity contribution in [2.75, 3.05) is 5.73 Å². The molecule has 3 heterocycles. The van der Waals surface area contributed by atoms with Crippen LogP contribution >= 0.6 is 0 Å². The van der Waals surface area contributed by atoms with Gasteiger partial charge in [0.25, 0.3) is 0 Å². The molecular weight excluding hydrogens is 345 g/mol. The normalized spacial score (nSPS) is 24.0. The van der Waals surface area contributed by atoms with E-state index in [-0.39, 0.29) is 44.9 Å². The fourth-order valence-corrected chi connectivity index (χ4v) is 2.49. The molecule has 0 saturated carbocycles. The molecule has 1 aliphatic heterocycles. The Morgan fingerprint density at radius 3 is 2.71 bits per heavy atom. The molecule has 1 saturated heterocycles. The summed E-state index contributed by atoms with van der Waals surface area (Å²) in [5.41, 5.74) is 8.47. The van der Waals surface area contributed by atoms with Crippen LogP contribution in [0.5, 0.6) is 0 Å². The molecule has 2 aromatic heterocycles. The minimum absolute atomic E-state index is 0. The van der Waals surface area contributed by atoms with Crippen molar-refractivity contribution in [2.24, 2.45) is 0 Å². The Bertz CT molecular complexity index is 656. The summed E-state index contributed by atoms with van der Waals surface area (Å²) in [6.45, 7) is 11.6. The molecule has 0 bridgehead atoms. The number of hydrogen-bond donors (Lipinski definition) is 1. The molecule has 0 unspecified atom stereocenters. The van der Waals surface area contributed by atoms with E-state index in [2.05, 4.69) is 16.9 Å². The fourth-order valence-electron chi connectivity index (χ4n) is 2.49. The molecule has 7 heteroatoms. The minimum Gasteiger partial charge on any atom is -0.466 e. The van der Waals surface area contributed by atoms with E-state index in [1.165, 1.54) is 0 Å². The van der Waals surface area contributed by atoms with E-state index in [9.17, 15) is 0 Å². The van der Waals surface area contributed by atoms with Crippen molar-refractivity contribution in [3.8, 4) is 0 Å². The number of nitrogen functional groups attached to an aromatic ring is 1. The van der Waals surface area contributed by atoms with Gasteiger partial charge in [0, 0.05) is 45.0 Å². The Morgan fingerprint density at radius 2 is 2.10 bits per heavy atom. The van der Waals surface area contributed by atoms with Crippen LogP contribution < -0.4 is 5.73 Å². The largest absolute Gasteiger partial charge is 0.466 e. The number of nitrogens with zero attached hydrogens (tertiary/aromatic N) is 3. The zero-order valence-corrected chi connectivity index (χ0v) is 15.2.